The highest BCUT2D eigenvalue weighted by Crippen LogP contribution is 2.03. The van der Waals surface area contributed by atoms with E-state index in [0.717, 1.165) is 5.69 Å². The van der Waals surface area contributed by atoms with Crippen LogP contribution >= 0.6 is 0 Å². The minimum atomic E-state index is 0.0179. The predicted molar refractivity (Wildman–Crippen MR) is 61.8 cm³/mol. The summed E-state index contributed by atoms with van der Waals surface area (Å²) in [5, 5.41) is 3.21. The summed E-state index contributed by atoms with van der Waals surface area (Å²) in [7, 11) is 1.74. The molecular weight excluding hydrogens is 176 g/mol. The van der Waals surface area contributed by atoms with Crippen molar-refractivity contribution >= 4 is 5.69 Å². The Kier molecular flexibility index (Phi) is 5.68. The second kappa shape index (κ2) is 6.24. The van der Waals surface area contributed by atoms with Gasteiger partial charge in [0.2, 0.25) is 5.56 Å². The highest BCUT2D eigenvalue weighted by Gasteiger charge is 1.95. The number of hydrogen-bond donors (Lipinski definition) is 1. The first-order chi connectivity index (χ1) is 6.59. The zero-order chi connectivity index (χ0) is 11.1. The van der Waals surface area contributed by atoms with E-state index >= 15 is 0 Å². The van der Waals surface area contributed by atoms with Crippen molar-refractivity contribution in [3.8, 4) is 0 Å². The van der Waals surface area contributed by atoms with Crippen LogP contribution in [0.1, 0.15) is 27.7 Å². The van der Waals surface area contributed by atoms with Gasteiger partial charge in [-0.3, -0.25) is 4.79 Å². The maximum Gasteiger partial charge on any atom is 0.250 e. The van der Waals surface area contributed by atoms with Gasteiger partial charge in [0.1, 0.15) is 0 Å². The van der Waals surface area contributed by atoms with E-state index in [-0.39, 0.29) is 5.56 Å². The normalized spacial score (nSPS) is 9.29. The third kappa shape index (κ3) is 4.12. The maximum atomic E-state index is 11.0. The summed E-state index contributed by atoms with van der Waals surface area (Å²) in [5.74, 6) is 0. The second-order valence-corrected chi connectivity index (χ2v) is 3.17. The van der Waals surface area contributed by atoms with Crippen LogP contribution in [0.4, 0.5) is 5.69 Å². The fraction of sp³-hybridized carbons (Fsp3) is 0.545. The van der Waals surface area contributed by atoms with E-state index in [1.165, 1.54) is 0 Å². The molecule has 1 aromatic rings. The molecule has 0 aliphatic carbocycles. The number of anilines is 1. The molecule has 3 heteroatoms. The topological polar surface area (TPSA) is 34.0 Å². The van der Waals surface area contributed by atoms with Crippen molar-refractivity contribution in [3.05, 3.63) is 28.7 Å². The number of pyridine rings is 1. The van der Waals surface area contributed by atoms with Crippen LogP contribution in [0.25, 0.3) is 0 Å². The van der Waals surface area contributed by atoms with Crippen LogP contribution in [-0.4, -0.2) is 10.6 Å². The summed E-state index contributed by atoms with van der Waals surface area (Å²) < 4.78 is 1.56. The summed E-state index contributed by atoms with van der Waals surface area (Å²) in [6, 6.07) is 3.75. The standard InChI is InChI=1S/C9H14N2O.C2H6/c1-7(2)10-8-4-5-9(12)11(3)6-8;1-2/h4-7,10H,1-3H3;1-2H3. The Morgan fingerprint density at radius 3 is 2.29 bits per heavy atom. The molecule has 0 saturated heterocycles. The Labute approximate surface area is 85.8 Å². The van der Waals surface area contributed by atoms with Gasteiger partial charge >= 0.3 is 0 Å². The predicted octanol–water partition coefficient (Wildman–Crippen LogP) is 2.23. The molecule has 0 bridgehead atoms. The molecule has 0 radical (unpaired) electrons. The monoisotopic (exact) mass is 196 g/mol. The minimum Gasteiger partial charge on any atom is -0.382 e. The largest absolute Gasteiger partial charge is 0.382 e. The smallest absolute Gasteiger partial charge is 0.250 e. The molecule has 0 spiro atoms. The van der Waals surface area contributed by atoms with Gasteiger partial charge in [-0.15, -0.1) is 0 Å². The molecule has 3 nitrogen and oxygen atoms in total. The van der Waals surface area contributed by atoms with Crippen molar-refractivity contribution in [3.63, 3.8) is 0 Å². The number of nitrogens with zero attached hydrogens (tertiary/aromatic N) is 1. The van der Waals surface area contributed by atoms with Gasteiger partial charge in [-0.05, 0) is 19.9 Å². The molecule has 14 heavy (non-hydrogen) atoms. The lowest BCUT2D eigenvalue weighted by molar-refractivity contribution is 0.844. The van der Waals surface area contributed by atoms with Crippen LogP contribution in [0.5, 0.6) is 0 Å². The van der Waals surface area contributed by atoms with E-state index < -0.39 is 0 Å². The van der Waals surface area contributed by atoms with Crippen molar-refractivity contribution in [2.45, 2.75) is 33.7 Å². The van der Waals surface area contributed by atoms with Crippen molar-refractivity contribution in [2.24, 2.45) is 7.05 Å². The Morgan fingerprint density at radius 2 is 1.86 bits per heavy atom. The number of hydrogen-bond acceptors (Lipinski definition) is 2. The van der Waals surface area contributed by atoms with E-state index in [4.69, 9.17) is 0 Å². The van der Waals surface area contributed by atoms with Gasteiger partial charge in [-0.25, -0.2) is 0 Å². The minimum absolute atomic E-state index is 0.0179. The third-order valence-electron chi connectivity index (χ3n) is 1.54. The van der Waals surface area contributed by atoms with Crippen LogP contribution in [0, 0.1) is 0 Å². The number of nitrogens with one attached hydrogen (secondary N) is 1. The van der Waals surface area contributed by atoms with Crippen molar-refractivity contribution in [2.75, 3.05) is 5.32 Å². The quantitative estimate of drug-likeness (QED) is 0.787. The van der Waals surface area contributed by atoms with Crippen LogP contribution in [0.15, 0.2) is 23.1 Å². The summed E-state index contributed by atoms with van der Waals surface area (Å²) in [6.07, 6.45) is 1.79. The van der Waals surface area contributed by atoms with Crippen LogP contribution in [0.2, 0.25) is 0 Å². The van der Waals surface area contributed by atoms with Crippen LogP contribution in [0.3, 0.4) is 0 Å². The second-order valence-electron chi connectivity index (χ2n) is 3.17. The van der Waals surface area contributed by atoms with Gasteiger partial charge in [-0.2, -0.15) is 0 Å². The molecule has 0 aromatic carbocycles. The van der Waals surface area contributed by atoms with Gasteiger partial charge in [0, 0.05) is 25.4 Å². The Bertz CT molecular complexity index is 315. The molecule has 1 aromatic heterocycles. The molecule has 0 fully saturated rings. The molecule has 0 atom stereocenters. The molecule has 0 aliphatic rings. The van der Waals surface area contributed by atoms with Gasteiger partial charge < -0.3 is 9.88 Å². The van der Waals surface area contributed by atoms with E-state index in [0.29, 0.717) is 6.04 Å². The molecule has 0 aliphatic heterocycles. The molecule has 0 unspecified atom stereocenters. The average molecular weight is 196 g/mol. The lowest BCUT2D eigenvalue weighted by atomic mass is 10.3. The Balaban J connectivity index is 0.000000791. The fourth-order valence-electron chi connectivity index (χ4n) is 1.01. The number of aromatic nitrogens is 1. The van der Waals surface area contributed by atoms with Gasteiger partial charge in [0.15, 0.2) is 0 Å². The van der Waals surface area contributed by atoms with Gasteiger partial charge in [0.05, 0.1) is 5.69 Å². The SMILES string of the molecule is CC.CC(C)Nc1ccc(=O)n(C)c1. The lowest BCUT2D eigenvalue weighted by Gasteiger charge is -2.10. The Hall–Kier alpha value is -1.25. The summed E-state index contributed by atoms with van der Waals surface area (Å²) in [6.45, 7) is 8.12. The maximum absolute atomic E-state index is 11.0. The van der Waals surface area contributed by atoms with Gasteiger partial charge in [-0.1, -0.05) is 13.8 Å². The molecular formula is C11H20N2O. The van der Waals surface area contributed by atoms with Crippen molar-refractivity contribution in [1.82, 2.24) is 4.57 Å². The summed E-state index contributed by atoms with van der Waals surface area (Å²) in [4.78, 5) is 11.0. The first-order valence-corrected chi connectivity index (χ1v) is 5.03. The number of rotatable bonds is 2. The van der Waals surface area contributed by atoms with Gasteiger partial charge in [0.25, 0.3) is 0 Å². The lowest BCUT2D eigenvalue weighted by Crippen LogP contribution is -2.17. The molecule has 0 saturated carbocycles. The molecule has 80 valence electrons. The first kappa shape index (κ1) is 12.8. The summed E-state index contributed by atoms with van der Waals surface area (Å²) in [5.41, 5.74) is 0.997. The molecule has 0 amide bonds. The van der Waals surface area contributed by atoms with Crippen LogP contribution in [-0.2, 0) is 7.05 Å². The molecule has 1 rings (SSSR count). The van der Waals surface area contributed by atoms with E-state index in [1.54, 1.807) is 29.9 Å². The fourth-order valence-corrected chi connectivity index (χ4v) is 1.01. The zero-order valence-corrected chi connectivity index (χ0v) is 9.66. The highest BCUT2D eigenvalue weighted by molar-refractivity contribution is 5.40. The molecule has 1 N–H and O–H groups in total. The van der Waals surface area contributed by atoms with Crippen molar-refractivity contribution in [1.29, 1.82) is 0 Å². The third-order valence-corrected chi connectivity index (χ3v) is 1.54. The Morgan fingerprint density at radius 1 is 1.29 bits per heavy atom. The summed E-state index contributed by atoms with van der Waals surface area (Å²) >= 11 is 0. The van der Waals surface area contributed by atoms with E-state index in [9.17, 15) is 4.79 Å². The van der Waals surface area contributed by atoms with E-state index in [2.05, 4.69) is 19.2 Å². The van der Waals surface area contributed by atoms with E-state index in [1.807, 2.05) is 13.8 Å². The first-order valence-electron chi connectivity index (χ1n) is 5.03. The molecule has 1 heterocycles. The highest BCUT2D eigenvalue weighted by atomic mass is 16.1. The van der Waals surface area contributed by atoms with Crippen molar-refractivity contribution < 1.29 is 0 Å². The average Bonchev–Trinajstić information content (AvgIpc) is 2.14. The van der Waals surface area contributed by atoms with Crippen LogP contribution < -0.4 is 10.9 Å². The zero-order valence-electron chi connectivity index (χ0n) is 9.66. The number of aryl methyl sites for hydroxylation is 1.